The number of carbonyl (C=O) groups is 2. The number of carbonyl (C=O) groups excluding carboxylic acids is 2. The van der Waals surface area contributed by atoms with Crippen LogP contribution in [0, 0.1) is 27.7 Å². The second-order valence-corrected chi connectivity index (χ2v) is 7.99. The lowest BCUT2D eigenvalue weighted by Gasteiger charge is -2.11. The van der Waals surface area contributed by atoms with Crippen molar-refractivity contribution in [3.63, 3.8) is 0 Å². The molecule has 2 N–H and O–H groups in total. The predicted molar refractivity (Wildman–Crippen MR) is 128 cm³/mol. The van der Waals surface area contributed by atoms with Crippen molar-refractivity contribution in [3.8, 4) is 5.69 Å². The van der Waals surface area contributed by atoms with Crippen molar-refractivity contribution < 1.29 is 9.59 Å². The molecule has 1 aromatic heterocycles. The van der Waals surface area contributed by atoms with Crippen molar-refractivity contribution >= 4 is 18.0 Å². The minimum atomic E-state index is -0.443. The fourth-order valence-corrected chi connectivity index (χ4v) is 3.59. The molecule has 0 unspecified atom stereocenters. The van der Waals surface area contributed by atoms with Gasteiger partial charge in [0.25, 0.3) is 0 Å². The van der Waals surface area contributed by atoms with Gasteiger partial charge in [0.1, 0.15) is 6.42 Å². The van der Waals surface area contributed by atoms with Gasteiger partial charge in [0.2, 0.25) is 11.8 Å². The maximum Gasteiger partial charge on any atom is 0.249 e. The molecule has 0 saturated heterocycles. The molecule has 2 amide bonds. The van der Waals surface area contributed by atoms with Crippen LogP contribution in [-0.4, -0.2) is 29.1 Å². The van der Waals surface area contributed by atoms with E-state index < -0.39 is 5.91 Å². The van der Waals surface area contributed by atoms with Gasteiger partial charge < -0.3 is 9.88 Å². The third kappa shape index (κ3) is 5.94. The molecule has 0 aliphatic rings. The van der Waals surface area contributed by atoms with Crippen LogP contribution in [-0.2, 0) is 16.0 Å². The Hall–Kier alpha value is -3.67. The number of nitrogens with one attached hydrogen (secondary N) is 2. The first-order valence-electron chi connectivity index (χ1n) is 10.7. The lowest BCUT2D eigenvalue weighted by molar-refractivity contribution is -0.129. The summed E-state index contributed by atoms with van der Waals surface area (Å²) in [5.74, 6) is -0.761. The number of nitrogens with zero attached hydrogens (tertiary/aromatic N) is 2. The van der Waals surface area contributed by atoms with Crippen molar-refractivity contribution in [2.75, 3.05) is 6.54 Å². The summed E-state index contributed by atoms with van der Waals surface area (Å²) < 4.78 is 2.16. The molecule has 166 valence electrons. The number of amides is 2. The number of benzene rings is 2. The summed E-state index contributed by atoms with van der Waals surface area (Å²) in [7, 11) is 0. The van der Waals surface area contributed by atoms with Crippen LogP contribution in [0.15, 0.2) is 59.7 Å². The highest BCUT2D eigenvalue weighted by molar-refractivity contribution is 5.97. The van der Waals surface area contributed by atoms with Crippen LogP contribution in [0.4, 0.5) is 0 Å². The monoisotopic (exact) mass is 430 g/mol. The van der Waals surface area contributed by atoms with Crippen molar-refractivity contribution in [3.05, 3.63) is 88.2 Å². The second kappa shape index (κ2) is 10.6. The number of aryl methyl sites for hydroxylation is 3. The number of hydrazone groups is 1. The highest BCUT2D eigenvalue weighted by Gasteiger charge is 2.11. The number of aromatic nitrogens is 1. The van der Waals surface area contributed by atoms with E-state index in [2.05, 4.69) is 52.5 Å². The summed E-state index contributed by atoms with van der Waals surface area (Å²) in [6.07, 6.45) is 2.08. The summed E-state index contributed by atoms with van der Waals surface area (Å²) in [5, 5.41) is 6.81. The first-order chi connectivity index (χ1) is 15.3. The lowest BCUT2D eigenvalue weighted by atomic mass is 10.1. The molecule has 0 aliphatic carbocycles. The van der Waals surface area contributed by atoms with Gasteiger partial charge in [-0.3, -0.25) is 9.59 Å². The normalized spacial score (nSPS) is 11.0. The Kier molecular flexibility index (Phi) is 7.60. The summed E-state index contributed by atoms with van der Waals surface area (Å²) in [4.78, 5) is 24.0. The zero-order valence-corrected chi connectivity index (χ0v) is 19.1. The SMILES string of the molecule is Cc1ccc(-n2c(C)cc(/C=N/NC(=O)CC(=O)NCCc3ccccc3)c2C)cc1C. The van der Waals surface area contributed by atoms with Gasteiger partial charge in [-0.15, -0.1) is 0 Å². The van der Waals surface area contributed by atoms with Gasteiger partial charge in [0.15, 0.2) is 0 Å². The van der Waals surface area contributed by atoms with Crippen molar-refractivity contribution in [1.82, 2.24) is 15.3 Å². The average Bonchev–Trinajstić information content (AvgIpc) is 3.04. The smallest absolute Gasteiger partial charge is 0.249 e. The van der Waals surface area contributed by atoms with E-state index in [1.54, 1.807) is 6.21 Å². The van der Waals surface area contributed by atoms with E-state index in [-0.39, 0.29) is 12.3 Å². The molecule has 0 spiro atoms. The quantitative estimate of drug-likeness (QED) is 0.323. The van der Waals surface area contributed by atoms with Crippen LogP contribution in [0.3, 0.4) is 0 Å². The Morgan fingerprint density at radius 3 is 2.41 bits per heavy atom. The molecule has 0 saturated carbocycles. The van der Waals surface area contributed by atoms with Gasteiger partial charge >= 0.3 is 0 Å². The molecule has 0 bridgehead atoms. The zero-order valence-electron chi connectivity index (χ0n) is 19.1. The molecule has 6 heteroatoms. The number of hydrogen-bond acceptors (Lipinski definition) is 3. The van der Waals surface area contributed by atoms with Gasteiger partial charge in [-0.25, -0.2) is 5.43 Å². The van der Waals surface area contributed by atoms with E-state index >= 15 is 0 Å². The third-order valence-electron chi connectivity index (χ3n) is 5.51. The minimum Gasteiger partial charge on any atom is -0.355 e. The fraction of sp³-hybridized carbons (Fsp3) is 0.269. The highest BCUT2D eigenvalue weighted by Crippen LogP contribution is 2.21. The van der Waals surface area contributed by atoms with Crippen LogP contribution in [0.25, 0.3) is 5.69 Å². The minimum absolute atomic E-state index is 0.256. The first-order valence-corrected chi connectivity index (χ1v) is 10.7. The second-order valence-electron chi connectivity index (χ2n) is 7.99. The third-order valence-corrected chi connectivity index (χ3v) is 5.51. The molecular weight excluding hydrogens is 400 g/mol. The van der Waals surface area contributed by atoms with Crippen molar-refractivity contribution in [1.29, 1.82) is 0 Å². The Morgan fingerprint density at radius 1 is 0.938 bits per heavy atom. The average molecular weight is 431 g/mol. The van der Waals surface area contributed by atoms with Gasteiger partial charge in [-0.1, -0.05) is 36.4 Å². The van der Waals surface area contributed by atoms with E-state index in [0.717, 1.165) is 34.6 Å². The Balaban J connectivity index is 1.52. The molecule has 0 radical (unpaired) electrons. The Labute approximate surface area is 189 Å². The van der Waals surface area contributed by atoms with E-state index in [9.17, 15) is 9.59 Å². The van der Waals surface area contributed by atoms with E-state index in [1.807, 2.05) is 50.2 Å². The molecule has 0 aliphatic heterocycles. The van der Waals surface area contributed by atoms with Crippen LogP contribution < -0.4 is 10.7 Å². The van der Waals surface area contributed by atoms with Crippen LogP contribution in [0.5, 0.6) is 0 Å². The maximum atomic E-state index is 12.0. The molecule has 2 aromatic carbocycles. The summed E-state index contributed by atoms with van der Waals surface area (Å²) in [6.45, 7) is 8.74. The Bertz CT molecular complexity index is 1130. The molecule has 6 nitrogen and oxygen atoms in total. The van der Waals surface area contributed by atoms with Gasteiger partial charge in [-0.05, 0) is 69.0 Å². The predicted octanol–water partition coefficient (Wildman–Crippen LogP) is 3.91. The highest BCUT2D eigenvalue weighted by atomic mass is 16.2. The summed E-state index contributed by atoms with van der Waals surface area (Å²) in [5.41, 5.74) is 10.2. The van der Waals surface area contributed by atoms with Gasteiger partial charge in [-0.2, -0.15) is 5.10 Å². The van der Waals surface area contributed by atoms with Crippen LogP contribution in [0.2, 0.25) is 0 Å². The standard InChI is InChI=1S/C26H30N4O2/c1-18-10-11-24(14-19(18)2)30-20(3)15-23(21(30)4)17-28-29-26(32)16-25(31)27-13-12-22-8-6-5-7-9-22/h5-11,14-15,17H,12-13,16H2,1-4H3,(H,27,31)(H,29,32)/b28-17+. The van der Waals surface area contributed by atoms with Gasteiger partial charge in [0, 0.05) is 29.2 Å². The molecular formula is C26H30N4O2. The van der Waals surface area contributed by atoms with Crippen LogP contribution in [0.1, 0.15) is 40.1 Å². The van der Waals surface area contributed by atoms with E-state index in [1.165, 1.54) is 11.1 Å². The van der Waals surface area contributed by atoms with Gasteiger partial charge in [0.05, 0.1) is 6.21 Å². The fourth-order valence-electron chi connectivity index (χ4n) is 3.59. The van der Waals surface area contributed by atoms with Crippen LogP contribution >= 0.6 is 0 Å². The lowest BCUT2D eigenvalue weighted by Crippen LogP contribution is -2.31. The van der Waals surface area contributed by atoms with E-state index in [0.29, 0.717) is 6.54 Å². The maximum absolute atomic E-state index is 12.0. The zero-order chi connectivity index (χ0) is 23.1. The molecule has 3 rings (SSSR count). The van der Waals surface area contributed by atoms with Crippen molar-refractivity contribution in [2.45, 2.75) is 40.5 Å². The number of rotatable bonds is 8. The molecule has 3 aromatic rings. The van der Waals surface area contributed by atoms with E-state index in [4.69, 9.17) is 0 Å². The number of hydrogen-bond donors (Lipinski definition) is 2. The molecule has 0 fully saturated rings. The molecule has 0 atom stereocenters. The van der Waals surface area contributed by atoms with Crippen molar-refractivity contribution in [2.24, 2.45) is 5.10 Å². The summed E-state index contributed by atoms with van der Waals surface area (Å²) >= 11 is 0. The Morgan fingerprint density at radius 2 is 1.69 bits per heavy atom. The molecule has 32 heavy (non-hydrogen) atoms. The summed E-state index contributed by atoms with van der Waals surface area (Å²) in [6, 6.07) is 18.3. The first kappa shape index (κ1) is 23.0. The largest absolute Gasteiger partial charge is 0.355 e. The topological polar surface area (TPSA) is 75.5 Å². The molecule has 1 heterocycles.